The number of aryl methyl sites for hydroxylation is 1. The molecule has 2 N–H and O–H groups in total. The molecule has 7 nitrogen and oxygen atoms in total. The molecule has 2 amide bonds. The zero-order valence-electron chi connectivity index (χ0n) is 15.6. The highest BCUT2D eigenvalue weighted by molar-refractivity contribution is 5.73. The second-order valence-corrected chi connectivity index (χ2v) is 7.24. The molecule has 1 aromatic rings. The number of fused-ring (bicyclic) bond motifs is 1. The third-order valence-corrected chi connectivity index (χ3v) is 5.77. The maximum Gasteiger partial charge on any atom is 0.315 e. The fourth-order valence-electron chi connectivity index (χ4n) is 4.26. The zero-order valence-corrected chi connectivity index (χ0v) is 15.6. The summed E-state index contributed by atoms with van der Waals surface area (Å²) in [6, 6.07) is 0.339. The average molecular weight is 348 g/mol. The number of nitrogens with zero attached hydrogens (tertiary/aromatic N) is 4. The first kappa shape index (κ1) is 18.2. The number of nitrogens with one attached hydrogen (secondary N) is 2. The third-order valence-electron chi connectivity index (χ3n) is 5.77. The largest absolute Gasteiger partial charge is 0.337 e. The van der Waals surface area contributed by atoms with Crippen LogP contribution in [0.3, 0.4) is 0 Å². The Morgan fingerprint density at radius 1 is 1.08 bits per heavy atom. The van der Waals surface area contributed by atoms with Crippen LogP contribution in [-0.2, 0) is 19.5 Å². The minimum atomic E-state index is -0.106. The summed E-state index contributed by atoms with van der Waals surface area (Å²) in [5.41, 5.74) is 0. The predicted molar refractivity (Wildman–Crippen MR) is 97.2 cm³/mol. The summed E-state index contributed by atoms with van der Waals surface area (Å²) in [4.78, 5) is 14.8. The van der Waals surface area contributed by atoms with E-state index in [1.165, 1.54) is 12.8 Å². The van der Waals surface area contributed by atoms with Crippen LogP contribution in [0.5, 0.6) is 0 Å². The van der Waals surface area contributed by atoms with Crippen LogP contribution in [0.4, 0.5) is 4.79 Å². The Kier molecular flexibility index (Phi) is 6.29. The molecule has 0 aliphatic carbocycles. The van der Waals surface area contributed by atoms with Gasteiger partial charge in [0.2, 0.25) is 0 Å². The lowest BCUT2D eigenvalue weighted by Gasteiger charge is -2.33. The smallest absolute Gasteiger partial charge is 0.315 e. The Balaban J connectivity index is 1.48. The molecule has 0 aromatic carbocycles. The van der Waals surface area contributed by atoms with Crippen LogP contribution in [-0.4, -0.2) is 51.4 Å². The summed E-state index contributed by atoms with van der Waals surface area (Å²) in [6.45, 7) is 8.96. The van der Waals surface area contributed by atoms with Gasteiger partial charge in [-0.25, -0.2) is 4.79 Å². The van der Waals surface area contributed by atoms with Crippen molar-refractivity contribution in [2.75, 3.05) is 19.6 Å². The summed E-state index contributed by atoms with van der Waals surface area (Å²) in [7, 11) is 0. The lowest BCUT2D eigenvalue weighted by atomic mass is 9.93. The van der Waals surface area contributed by atoms with Crippen molar-refractivity contribution in [1.82, 2.24) is 30.3 Å². The molecule has 0 spiro atoms. The van der Waals surface area contributed by atoms with Crippen LogP contribution in [0.1, 0.15) is 57.6 Å². The van der Waals surface area contributed by atoms with E-state index in [-0.39, 0.29) is 6.03 Å². The topological polar surface area (TPSA) is 75.1 Å². The normalized spacial score (nSPS) is 18.5. The van der Waals surface area contributed by atoms with Crippen molar-refractivity contribution in [2.45, 2.75) is 71.5 Å². The minimum absolute atomic E-state index is 0.106. The Morgan fingerprint density at radius 3 is 2.56 bits per heavy atom. The first-order valence-corrected chi connectivity index (χ1v) is 9.89. The van der Waals surface area contributed by atoms with Gasteiger partial charge >= 0.3 is 6.03 Å². The molecule has 1 saturated heterocycles. The molecule has 3 rings (SSSR count). The van der Waals surface area contributed by atoms with Gasteiger partial charge in [-0.1, -0.05) is 26.7 Å². The van der Waals surface area contributed by atoms with E-state index in [2.05, 4.69) is 44.1 Å². The summed E-state index contributed by atoms with van der Waals surface area (Å²) in [5.74, 6) is 2.54. The maximum absolute atomic E-state index is 12.3. The lowest BCUT2D eigenvalue weighted by Crippen LogP contribution is -2.48. The average Bonchev–Trinajstić information content (AvgIpc) is 3.35. The number of carbonyl (C=O) groups is 1. The van der Waals surface area contributed by atoms with Crippen molar-refractivity contribution >= 4 is 6.03 Å². The van der Waals surface area contributed by atoms with Gasteiger partial charge in [-0.05, 0) is 38.3 Å². The molecule has 0 radical (unpaired) electrons. The van der Waals surface area contributed by atoms with E-state index in [4.69, 9.17) is 0 Å². The third kappa shape index (κ3) is 4.32. The number of urea groups is 1. The Morgan fingerprint density at radius 2 is 1.84 bits per heavy atom. The van der Waals surface area contributed by atoms with Gasteiger partial charge in [-0.15, -0.1) is 10.2 Å². The summed E-state index contributed by atoms with van der Waals surface area (Å²) < 4.78 is 2.12. The standard InChI is InChI=1S/C18H32N6O/c1-3-14(4-2)15(23-9-5-6-10-23)12-19-18(25)20-13-17-22-21-16-8-7-11-24(16)17/h14-15H,3-13H2,1-2H3,(H2,19,20,25)/t15-/m0/s1. The van der Waals surface area contributed by atoms with Crippen LogP contribution in [0, 0.1) is 5.92 Å². The zero-order chi connectivity index (χ0) is 17.6. The van der Waals surface area contributed by atoms with Gasteiger partial charge in [-0.3, -0.25) is 4.90 Å². The number of rotatable bonds is 8. The number of likely N-dealkylation sites (tertiary alicyclic amines) is 1. The molecule has 1 atom stereocenters. The van der Waals surface area contributed by atoms with Crippen LogP contribution in [0.25, 0.3) is 0 Å². The molecular formula is C18H32N6O. The van der Waals surface area contributed by atoms with Gasteiger partial charge in [0.05, 0.1) is 6.54 Å². The van der Waals surface area contributed by atoms with Gasteiger partial charge < -0.3 is 15.2 Å². The van der Waals surface area contributed by atoms with E-state index in [1.807, 2.05) is 0 Å². The van der Waals surface area contributed by atoms with E-state index < -0.39 is 0 Å². The SMILES string of the molecule is CCC(CC)[C@H](CNC(=O)NCc1nnc2n1CCC2)N1CCCC1. The highest BCUT2D eigenvalue weighted by Gasteiger charge is 2.27. The van der Waals surface area contributed by atoms with Crippen molar-refractivity contribution in [3.63, 3.8) is 0 Å². The highest BCUT2D eigenvalue weighted by Crippen LogP contribution is 2.22. The fourth-order valence-corrected chi connectivity index (χ4v) is 4.26. The van der Waals surface area contributed by atoms with E-state index in [1.54, 1.807) is 0 Å². The van der Waals surface area contributed by atoms with Gasteiger partial charge in [0.1, 0.15) is 5.82 Å². The molecule has 1 aromatic heterocycles. The van der Waals surface area contributed by atoms with Crippen molar-refractivity contribution < 1.29 is 4.79 Å². The summed E-state index contributed by atoms with van der Waals surface area (Å²) in [6.07, 6.45) is 6.99. The number of hydrogen-bond acceptors (Lipinski definition) is 4. The molecule has 2 aliphatic heterocycles. The van der Waals surface area contributed by atoms with Crippen molar-refractivity contribution in [2.24, 2.45) is 5.92 Å². The molecule has 1 fully saturated rings. The lowest BCUT2D eigenvalue weighted by molar-refractivity contribution is 0.161. The van der Waals surface area contributed by atoms with Gasteiger partial charge in [0.25, 0.3) is 0 Å². The Labute approximate surface area is 150 Å². The van der Waals surface area contributed by atoms with Crippen LogP contribution < -0.4 is 10.6 Å². The molecule has 3 heterocycles. The maximum atomic E-state index is 12.3. The van der Waals surface area contributed by atoms with E-state index in [0.29, 0.717) is 18.5 Å². The molecular weight excluding hydrogens is 316 g/mol. The molecule has 7 heteroatoms. The molecule has 0 bridgehead atoms. The molecule has 0 saturated carbocycles. The predicted octanol–water partition coefficient (Wildman–Crippen LogP) is 1.92. The monoisotopic (exact) mass is 348 g/mol. The van der Waals surface area contributed by atoms with Gasteiger partial charge in [-0.2, -0.15) is 0 Å². The number of aromatic nitrogens is 3. The van der Waals surface area contributed by atoms with Crippen LogP contribution in [0.2, 0.25) is 0 Å². The summed E-state index contributed by atoms with van der Waals surface area (Å²) in [5, 5.41) is 14.4. The highest BCUT2D eigenvalue weighted by atomic mass is 16.2. The second kappa shape index (κ2) is 8.65. The number of carbonyl (C=O) groups excluding carboxylic acids is 1. The quantitative estimate of drug-likeness (QED) is 0.753. The number of hydrogen-bond donors (Lipinski definition) is 2. The van der Waals surface area contributed by atoms with Crippen molar-refractivity contribution in [3.05, 3.63) is 11.6 Å². The van der Waals surface area contributed by atoms with E-state index in [0.717, 1.165) is 63.5 Å². The van der Waals surface area contributed by atoms with E-state index >= 15 is 0 Å². The second-order valence-electron chi connectivity index (χ2n) is 7.24. The fraction of sp³-hybridized carbons (Fsp3) is 0.833. The number of amides is 2. The van der Waals surface area contributed by atoms with Crippen LogP contribution >= 0.6 is 0 Å². The molecule has 0 unspecified atom stereocenters. The first-order chi connectivity index (χ1) is 12.2. The van der Waals surface area contributed by atoms with Crippen molar-refractivity contribution in [3.8, 4) is 0 Å². The van der Waals surface area contributed by atoms with Crippen LogP contribution in [0.15, 0.2) is 0 Å². The molecule has 2 aliphatic rings. The Bertz CT molecular complexity index is 560. The van der Waals surface area contributed by atoms with Gasteiger partial charge in [0, 0.05) is 25.6 Å². The van der Waals surface area contributed by atoms with E-state index in [9.17, 15) is 4.79 Å². The van der Waals surface area contributed by atoms with Crippen molar-refractivity contribution in [1.29, 1.82) is 0 Å². The Hall–Kier alpha value is -1.63. The molecule has 140 valence electrons. The van der Waals surface area contributed by atoms with Gasteiger partial charge in [0.15, 0.2) is 5.82 Å². The minimum Gasteiger partial charge on any atom is -0.337 e. The summed E-state index contributed by atoms with van der Waals surface area (Å²) >= 11 is 0. The first-order valence-electron chi connectivity index (χ1n) is 9.89. The molecule has 25 heavy (non-hydrogen) atoms.